The molecule has 2 rings (SSSR count). The van der Waals surface area contributed by atoms with E-state index in [1.54, 1.807) is 12.1 Å². The molecule has 0 unspecified atom stereocenters. The topological polar surface area (TPSA) is 75.3 Å². The molecule has 25 heavy (non-hydrogen) atoms. The van der Waals surface area contributed by atoms with Crippen LogP contribution in [-0.4, -0.2) is 20.9 Å². The van der Waals surface area contributed by atoms with Gasteiger partial charge in [0.2, 0.25) is 10.0 Å². The van der Waals surface area contributed by atoms with E-state index in [-0.39, 0.29) is 10.8 Å². The minimum absolute atomic E-state index is 0.0950. The van der Waals surface area contributed by atoms with E-state index in [2.05, 4.69) is 17.0 Å². The van der Waals surface area contributed by atoms with Crippen LogP contribution in [0.3, 0.4) is 0 Å². The van der Waals surface area contributed by atoms with Crippen LogP contribution in [0.2, 0.25) is 0 Å². The molecular weight excluding hydrogens is 336 g/mol. The van der Waals surface area contributed by atoms with E-state index in [1.165, 1.54) is 17.7 Å². The number of rotatable bonds is 8. The maximum Gasteiger partial charge on any atom is 0.255 e. The lowest BCUT2D eigenvalue weighted by Gasteiger charge is -2.09. The maximum atomic E-state index is 12.4. The molecule has 0 atom stereocenters. The van der Waals surface area contributed by atoms with Gasteiger partial charge in [0.05, 0.1) is 4.90 Å². The molecule has 0 radical (unpaired) electrons. The van der Waals surface area contributed by atoms with Crippen molar-refractivity contribution in [3.63, 3.8) is 0 Å². The molecule has 0 heterocycles. The van der Waals surface area contributed by atoms with Gasteiger partial charge in [0.25, 0.3) is 5.91 Å². The summed E-state index contributed by atoms with van der Waals surface area (Å²) < 4.78 is 27.1. The predicted molar refractivity (Wildman–Crippen MR) is 100 cm³/mol. The Hall–Kier alpha value is -2.18. The van der Waals surface area contributed by atoms with Gasteiger partial charge in [0, 0.05) is 17.8 Å². The zero-order valence-corrected chi connectivity index (χ0v) is 15.4. The lowest BCUT2D eigenvalue weighted by Crippen LogP contribution is -2.25. The number of hydrogen-bond acceptors (Lipinski definition) is 3. The third-order valence-electron chi connectivity index (χ3n) is 3.85. The second kappa shape index (κ2) is 8.78. The first-order valence-corrected chi connectivity index (χ1v) is 9.94. The number of amides is 1. The Balaban J connectivity index is 2.12. The summed E-state index contributed by atoms with van der Waals surface area (Å²) in [6.45, 7) is 4.44. The summed E-state index contributed by atoms with van der Waals surface area (Å²) in [6, 6.07) is 13.6. The quantitative estimate of drug-likeness (QED) is 0.707. The van der Waals surface area contributed by atoms with E-state index in [0.717, 1.165) is 19.3 Å². The Labute approximate surface area is 149 Å². The van der Waals surface area contributed by atoms with Crippen molar-refractivity contribution in [1.29, 1.82) is 0 Å². The monoisotopic (exact) mass is 360 g/mol. The number of unbranched alkanes of at least 4 members (excludes halogenated alkanes) is 1. The van der Waals surface area contributed by atoms with Gasteiger partial charge in [-0.1, -0.05) is 38.5 Å². The first kappa shape index (κ1) is 19.1. The van der Waals surface area contributed by atoms with Crippen molar-refractivity contribution in [2.45, 2.75) is 38.0 Å². The summed E-state index contributed by atoms with van der Waals surface area (Å²) in [4.78, 5) is 12.5. The SMILES string of the molecule is CCCCNS(=O)(=O)c1cccc(C(=O)Nc2ccc(CC)cc2)c1. The van der Waals surface area contributed by atoms with Crippen LogP contribution in [0.5, 0.6) is 0 Å². The van der Waals surface area contributed by atoms with Gasteiger partial charge in [-0.05, 0) is 48.7 Å². The molecule has 0 saturated carbocycles. The molecule has 0 aliphatic rings. The third kappa shape index (κ3) is 5.41. The molecule has 134 valence electrons. The third-order valence-corrected chi connectivity index (χ3v) is 5.31. The van der Waals surface area contributed by atoms with E-state index in [4.69, 9.17) is 0 Å². The smallest absolute Gasteiger partial charge is 0.255 e. The molecule has 2 aromatic rings. The number of carbonyl (C=O) groups is 1. The second-order valence-corrected chi connectivity index (χ2v) is 7.55. The fourth-order valence-electron chi connectivity index (χ4n) is 2.30. The van der Waals surface area contributed by atoms with Crippen LogP contribution in [-0.2, 0) is 16.4 Å². The highest BCUT2D eigenvalue weighted by molar-refractivity contribution is 7.89. The molecule has 0 aromatic heterocycles. The molecule has 5 nitrogen and oxygen atoms in total. The summed E-state index contributed by atoms with van der Waals surface area (Å²) in [7, 11) is -3.60. The number of sulfonamides is 1. The minimum Gasteiger partial charge on any atom is -0.322 e. The van der Waals surface area contributed by atoms with Crippen molar-refractivity contribution in [2.75, 3.05) is 11.9 Å². The number of hydrogen-bond donors (Lipinski definition) is 2. The van der Waals surface area contributed by atoms with Gasteiger partial charge < -0.3 is 5.32 Å². The highest BCUT2D eigenvalue weighted by atomic mass is 32.2. The van der Waals surface area contributed by atoms with Gasteiger partial charge in [-0.2, -0.15) is 0 Å². The van der Waals surface area contributed by atoms with Crippen LogP contribution in [0.1, 0.15) is 42.6 Å². The Morgan fingerprint density at radius 2 is 1.76 bits per heavy atom. The first-order chi connectivity index (χ1) is 12.0. The van der Waals surface area contributed by atoms with Crippen LogP contribution < -0.4 is 10.0 Å². The highest BCUT2D eigenvalue weighted by Crippen LogP contribution is 2.15. The van der Waals surface area contributed by atoms with Gasteiger partial charge in [0.1, 0.15) is 0 Å². The molecular formula is C19H24N2O3S. The summed E-state index contributed by atoms with van der Waals surface area (Å²) in [5.74, 6) is -0.338. The zero-order valence-electron chi connectivity index (χ0n) is 14.6. The van der Waals surface area contributed by atoms with Crippen LogP contribution in [0.4, 0.5) is 5.69 Å². The van der Waals surface area contributed by atoms with Crippen molar-refractivity contribution >= 4 is 21.6 Å². The van der Waals surface area contributed by atoms with Gasteiger partial charge in [-0.25, -0.2) is 13.1 Å². The van der Waals surface area contributed by atoms with Crippen molar-refractivity contribution in [1.82, 2.24) is 4.72 Å². The molecule has 0 aliphatic heterocycles. The molecule has 2 N–H and O–H groups in total. The van der Waals surface area contributed by atoms with Crippen molar-refractivity contribution in [2.24, 2.45) is 0 Å². The summed E-state index contributed by atoms with van der Waals surface area (Å²) in [6.07, 6.45) is 2.61. The predicted octanol–water partition coefficient (Wildman–Crippen LogP) is 3.58. The fourth-order valence-corrected chi connectivity index (χ4v) is 3.42. The van der Waals surface area contributed by atoms with Crippen LogP contribution in [0, 0.1) is 0 Å². The normalized spacial score (nSPS) is 11.3. The Morgan fingerprint density at radius 1 is 1.04 bits per heavy atom. The van der Waals surface area contributed by atoms with Crippen molar-refractivity contribution in [3.8, 4) is 0 Å². The number of nitrogens with one attached hydrogen (secondary N) is 2. The van der Waals surface area contributed by atoms with Crippen LogP contribution in [0.25, 0.3) is 0 Å². The average molecular weight is 360 g/mol. The molecule has 6 heteroatoms. The van der Waals surface area contributed by atoms with Gasteiger partial charge >= 0.3 is 0 Å². The molecule has 1 amide bonds. The second-order valence-electron chi connectivity index (χ2n) is 5.78. The van der Waals surface area contributed by atoms with E-state index >= 15 is 0 Å². The van der Waals surface area contributed by atoms with Crippen molar-refractivity contribution < 1.29 is 13.2 Å². The summed E-state index contributed by atoms with van der Waals surface area (Å²) in [5.41, 5.74) is 2.17. The standard InChI is InChI=1S/C19H24N2O3S/c1-3-5-13-20-25(23,24)18-8-6-7-16(14-18)19(22)21-17-11-9-15(4-2)10-12-17/h6-12,14,20H,3-5,13H2,1-2H3,(H,21,22). The Morgan fingerprint density at radius 3 is 2.40 bits per heavy atom. The van der Waals surface area contributed by atoms with Gasteiger partial charge in [0.15, 0.2) is 0 Å². The Bertz CT molecular complexity index is 815. The fraction of sp³-hybridized carbons (Fsp3) is 0.316. The van der Waals surface area contributed by atoms with Crippen molar-refractivity contribution in [3.05, 3.63) is 59.7 Å². The first-order valence-electron chi connectivity index (χ1n) is 8.46. The maximum absolute atomic E-state index is 12.4. The summed E-state index contributed by atoms with van der Waals surface area (Å²) >= 11 is 0. The molecule has 0 saturated heterocycles. The zero-order chi connectivity index (χ0) is 18.3. The molecule has 0 aliphatic carbocycles. The number of aryl methyl sites for hydroxylation is 1. The van der Waals surface area contributed by atoms with Crippen LogP contribution >= 0.6 is 0 Å². The van der Waals surface area contributed by atoms with E-state index in [9.17, 15) is 13.2 Å². The van der Waals surface area contributed by atoms with E-state index in [0.29, 0.717) is 17.8 Å². The average Bonchev–Trinajstić information content (AvgIpc) is 2.62. The molecule has 2 aromatic carbocycles. The molecule has 0 spiro atoms. The lowest BCUT2D eigenvalue weighted by molar-refractivity contribution is 0.102. The van der Waals surface area contributed by atoms with E-state index in [1.807, 2.05) is 31.2 Å². The number of anilines is 1. The molecule has 0 bridgehead atoms. The lowest BCUT2D eigenvalue weighted by atomic mass is 10.1. The van der Waals surface area contributed by atoms with Crippen LogP contribution in [0.15, 0.2) is 53.4 Å². The molecule has 0 fully saturated rings. The number of benzene rings is 2. The number of carbonyl (C=O) groups excluding carboxylic acids is 1. The highest BCUT2D eigenvalue weighted by Gasteiger charge is 2.15. The van der Waals surface area contributed by atoms with Gasteiger partial charge in [-0.15, -0.1) is 0 Å². The van der Waals surface area contributed by atoms with E-state index < -0.39 is 10.0 Å². The summed E-state index contributed by atoms with van der Waals surface area (Å²) in [5, 5.41) is 2.79. The largest absolute Gasteiger partial charge is 0.322 e. The van der Waals surface area contributed by atoms with Gasteiger partial charge in [-0.3, -0.25) is 4.79 Å². The Kier molecular flexibility index (Phi) is 6.73. The minimum atomic E-state index is -3.60.